The van der Waals surface area contributed by atoms with Gasteiger partial charge in [0.05, 0.1) is 12.3 Å². The fourth-order valence-corrected chi connectivity index (χ4v) is 3.36. The van der Waals surface area contributed by atoms with Crippen molar-refractivity contribution in [3.05, 3.63) is 69.7 Å². The van der Waals surface area contributed by atoms with Crippen molar-refractivity contribution in [2.45, 2.75) is 45.4 Å². The van der Waals surface area contributed by atoms with Gasteiger partial charge in [0.1, 0.15) is 0 Å². The number of benzene rings is 2. The minimum Gasteiger partial charge on any atom is -0.390 e. The van der Waals surface area contributed by atoms with Crippen LogP contribution in [0.4, 0.5) is 4.79 Å². The first-order valence-corrected chi connectivity index (χ1v) is 10.3. The number of nitrogens with zero attached hydrogens (tertiary/aromatic N) is 2. The van der Waals surface area contributed by atoms with E-state index in [4.69, 9.17) is 28.0 Å². The zero-order valence-electron chi connectivity index (χ0n) is 16.8. The molecule has 1 unspecified atom stereocenters. The normalized spacial score (nSPS) is 16.2. The lowest BCUT2D eigenvalue weighted by Crippen LogP contribution is -2.50. The third-order valence-corrected chi connectivity index (χ3v) is 5.04. The number of urea groups is 1. The third-order valence-electron chi connectivity index (χ3n) is 4.42. The number of hydrogen-bond donors (Lipinski definition) is 1. The van der Waals surface area contributed by atoms with Gasteiger partial charge in [-0.1, -0.05) is 58.7 Å². The Kier molecular flexibility index (Phi) is 6.70. The lowest BCUT2D eigenvalue weighted by atomic mass is 10.0. The van der Waals surface area contributed by atoms with E-state index in [1.165, 1.54) is 0 Å². The summed E-state index contributed by atoms with van der Waals surface area (Å²) in [5.74, 6) is 0. The Morgan fingerprint density at radius 3 is 2.52 bits per heavy atom. The van der Waals surface area contributed by atoms with Gasteiger partial charge in [0.25, 0.3) is 0 Å². The number of carbonyl (C=O) groups excluding carboxylic acids is 1. The minimum absolute atomic E-state index is 0.166. The predicted molar refractivity (Wildman–Crippen MR) is 118 cm³/mol. The second kappa shape index (κ2) is 9.06. The summed E-state index contributed by atoms with van der Waals surface area (Å²) in [6, 6.07) is 14.9. The van der Waals surface area contributed by atoms with E-state index in [0.717, 1.165) is 16.8 Å². The average molecular weight is 434 g/mol. The molecular formula is C22H25Cl2N3O2. The topological polar surface area (TPSA) is 53.9 Å². The van der Waals surface area contributed by atoms with Gasteiger partial charge in [-0.15, -0.1) is 0 Å². The Labute approximate surface area is 181 Å². The molecule has 0 aliphatic carbocycles. The van der Waals surface area contributed by atoms with Gasteiger partial charge in [0.15, 0.2) is 6.10 Å². The zero-order valence-corrected chi connectivity index (χ0v) is 18.3. The first-order chi connectivity index (χ1) is 13.7. The summed E-state index contributed by atoms with van der Waals surface area (Å²) in [5, 5.41) is 8.54. The van der Waals surface area contributed by atoms with Gasteiger partial charge in [-0.3, -0.25) is 0 Å². The van der Waals surface area contributed by atoms with E-state index in [1.54, 1.807) is 4.90 Å². The van der Waals surface area contributed by atoms with Crippen LogP contribution in [0.25, 0.3) is 0 Å². The largest absolute Gasteiger partial charge is 0.390 e. The Morgan fingerprint density at radius 1 is 1.17 bits per heavy atom. The first kappa shape index (κ1) is 21.5. The summed E-state index contributed by atoms with van der Waals surface area (Å²) < 4.78 is 0. The molecule has 154 valence electrons. The van der Waals surface area contributed by atoms with Crippen LogP contribution in [-0.4, -0.2) is 34.8 Å². The first-order valence-electron chi connectivity index (χ1n) is 9.50. The van der Waals surface area contributed by atoms with Gasteiger partial charge in [-0.05, 0) is 50.1 Å². The Balaban J connectivity index is 1.71. The van der Waals surface area contributed by atoms with Crippen LogP contribution in [0.1, 0.15) is 38.3 Å². The fraction of sp³-hybridized carbons (Fsp3) is 0.364. The highest BCUT2D eigenvalue weighted by molar-refractivity contribution is 6.31. The van der Waals surface area contributed by atoms with Crippen molar-refractivity contribution >= 4 is 34.9 Å². The molecule has 2 amide bonds. The quantitative estimate of drug-likeness (QED) is 0.676. The summed E-state index contributed by atoms with van der Waals surface area (Å²) in [5.41, 5.74) is 2.35. The second-order valence-corrected chi connectivity index (χ2v) is 8.97. The summed E-state index contributed by atoms with van der Waals surface area (Å²) in [7, 11) is 0. The van der Waals surface area contributed by atoms with Crippen LogP contribution in [0.5, 0.6) is 0 Å². The molecule has 1 aliphatic heterocycles. The molecule has 0 fully saturated rings. The van der Waals surface area contributed by atoms with Crippen molar-refractivity contribution < 1.29 is 9.63 Å². The van der Waals surface area contributed by atoms with Gasteiger partial charge in [-0.25, -0.2) is 4.79 Å². The van der Waals surface area contributed by atoms with E-state index in [1.807, 2.05) is 69.3 Å². The molecular weight excluding hydrogens is 409 g/mol. The number of hydrogen-bond acceptors (Lipinski definition) is 3. The molecule has 29 heavy (non-hydrogen) atoms. The van der Waals surface area contributed by atoms with Gasteiger partial charge in [0, 0.05) is 28.5 Å². The van der Waals surface area contributed by atoms with Crippen LogP contribution >= 0.6 is 23.2 Å². The van der Waals surface area contributed by atoms with E-state index in [0.29, 0.717) is 29.6 Å². The number of oxime groups is 1. The maximum atomic E-state index is 12.9. The molecule has 1 N–H and O–H groups in total. The predicted octanol–water partition coefficient (Wildman–Crippen LogP) is 5.50. The molecule has 3 rings (SSSR count). The number of amides is 2. The maximum Gasteiger partial charge on any atom is 0.318 e. The smallest absolute Gasteiger partial charge is 0.318 e. The molecule has 2 aromatic carbocycles. The van der Waals surface area contributed by atoms with Gasteiger partial charge < -0.3 is 15.1 Å². The fourth-order valence-electron chi connectivity index (χ4n) is 3.04. The lowest BCUT2D eigenvalue weighted by Gasteiger charge is -2.30. The number of halogens is 2. The van der Waals surface area contributed by atoms with Crippen LogP contribution in [0, 0.1) is 0 Å². The van der Waals surface area contributed by atoms with E-state index >= 15 is 0 Å². The molecule has 0 aromatic heterocycles. The minimum atomic E-state index is -0.350. The van der Waals surface area contributed by atoms with E-state index in [-0.39, 0.29) is 17.7 Å². The van der Waals surface area contributed by atoms with Crippen molar-refractivity contribution in [1.29, 1.82) is 0 Å². The van der Waals surface area contributed by atoms with Gasteiger partial charge in [-0.2, -0.15) is 0 Å². The van der Waals surface area contributed by atoms with Crippen LogP contribution in [0.15, 0.2) is 53.7 Å². The summed E-state index contributed by atoms with van der Waals surface area (Å²) in [6.07, 6.45) is 0.387. The Bertz CT molecular complexity index is 892. The summed E-state index contributed by atoms with van der Waals surface area (Å²) in [4.78, 5) is 20.3. The number of nitrogens with one attached hydrogen (secondary N) is 1. The van der Waals surface area contributed by atoms with Crippen molar-refractivity contribution in [2.75, 3.05) is 6.54 Å². The molecule has 1 atom stereocenters. The van der Waals surface area contributed by atoms with Crippen molar-refractivity contribution in [3.8, 4) is 0 Å². The molecule has 2 aromatic rings. The zero-order chi connectivity index (χ0) is 21.0. The van der Waals surface area contributed by atoms with Gasteiger partial charge in [0.2, 0.25) is 0 Å². The molecule has 0 saturated carbocycles. The van der Waals surface area contributed by atoms with E-state index in [2.05, 4.69) is 10.5 Å². The van der Waals surface area contributed by atoms with Crippen molar-refractivity contribution in [1.82, 2.24) is 10.2 Å². The van der Waals surface area contributed by atoms with E-state index in [9.17, 15) is 4.79 Å². The summed E-state index contributed by atoms with van der Waals surface area (Å²) >= 11 is 12.3. The van der Waals surface area contributed by atoms with Crippen LogP contribution in [0.2, 0.25) is 10.0 Å². The second-order valence-electron chi connectivity index (χ2n) is 8.13. The van der Waals surface area contributed by atoms with Crippen LogP contribution in [-0.2, 0) is 11.4 Å². The molecule has 1 heterocycles. The molecule has 0 bridgehead atoms. The highest BCUT2D eigenvalue weighted by Crippen LogP contribution is 2.22. The molecule has 7 heteroatoms. The third kappa shape index (κ3) is 6.12. The standard InChI is InChI=1S/C22H25Cl2N3O2/c1-22(2,3)25-21(28)27(13-16-6-4-5-7-19(16)24)14-18-12-20(26-29-18)15-8-10-17(23)11-9-15/h4-11,18H,12-14H2,1-3H3,(H,25,28). The molecule has 0 radical (unpaired) electrons. The Morgan fingerprint density at radius 2 is 1.86 bits per heavy atom. The highest BCUT2D eigenvalue weighted by Gasteiger charge is 2.28. The highest BCUT2D eigenvalue weighted by atomic mass is 35.5. The van der Waals surface area contributed by atoms with Crippen LogP contribution in [0.3, 0.4) is 0 Å². The average Bonchev–Trinajstić information content (AvgIpc) is 3.10. The molecule has 0 spiro atoms. The maximum absolute atomic E-state index is 12.9. The summed E-state index contributed by atoms with van der Waals surface area (Å²) in [6.45, 7) is 6.64. The monoisotopic (exact) mass is 433 g/mol. The van der Waals surface area contributed by atoms with Gasteiger partial charge >= 0.3 is 6.03 Å². The molecule has 1 aliphatic rings. The van der Waals surface area contributed by atoms with Crippen molar-refractivity contribution in [2.24, 2.45) is 5.16 Å². The Hall–Kier alpha value is -2.24. The lowest BCUT2D eigenvalue weighted by molar-refractivity contribution is 0.0580. The molecule has 5 nitrogen and oxygen atoms in total. The number of carbonyl (C=O) groups is 1. The van der Waals surface area contributed by atoms with Crippen LogP contribution < -0.4 is 5.32 Å². The van der Waals surface area contributed by atoms with E-state index < -0.39 is 0 Å². The molecule has 0 saturated heterocycles. The SMILES string of the molecule is CC(C)(C)NC(=O)N(Cc1ccccc1Cl)CC1CC(c2ccc(Cl)cc2)=NO1. The van der Waals surface area contributed by atoms with Crippen molar-refractivity contribution in [3.63, 3.8) is 0 Å². The number of rotatable bonds is 5.